The second kappa shape index (κ2) is 4.01. The first-order valence-corrected chi connectivity index (χ1v) is 6.00. The predicted molar refractivity (Wildman–Crippen MR) is 64.2 cm³/mol. The molecule has 0 bridgehead atoms. The van der Waals surface area contributed by atoms with Crippen molar-refractivity contribution in [2.75, 3.05) is 0 Å². The third-order valence-corrected chi connectivity index (χ3v) is 3.26. The van der Waals surface area contributed by atoms with E-state index in [4.69, 9.17) is 0 Å². The quantitative estimate of drug-likeness (QED) is 0.801. The fourth-order valence-corrected chi connectivity index (χ4v) is 2.36. The lowest BCUT2D eigenvalue weighted by atomic mass is 10.2. The normalized spacial score (nSPS) is 16.3. The lowest BCUT2D eigenvalue weighted by Crippen LogP contribution is -2.16. The van der Waals surface area contributed by atoms with E-state index in [1.54, 1.807) is 0 Å². The molecule has 2 heteroatoms. The van der Waals surface area contributed by atoms with Gasteiger partial charge < -0.3 is 9.88 Å². The van der Waals surface area contributed by atoms with Gasteiger partial charge in [-0.15, -0.1) is 0 Å². The van der Waals surface area contributed by atoms with Crippen molar-refractivity contribution in [3.05, 3.63) is 23.0 Å². The van der Waals surface area contributed by atoms with Gasteiger partial charge in [-0.2, -0.15) is 0 Å². The van der Waals surface area contributed by atoms with Crippen molar-refractivity contribution in [1.29, 1.82) is 0 Å². The third kappa shape index (κ3) is 2.25. The van der Waals surface area contributed by atoms with Gasteiger partial charge in [0.1, 0.15) is 0 Å². The standard InChI is InChI=1S/C13H22N2/c1-9(2)15-10(3)7-12(11(15)4)8-14-13-5-6-13/h7,9,13-14H,5-6,8H2,1-4H3. The molecule has 2 nitrogen and oxygen atoms in total. The maximum absolute atomic E-state index is 3.58. The Kier molecular flexibility index (Phi) is 2.87. The number of nitrogens with zero attached hydrogens (tertiary/aromatic N) is 1. The third-order valence-electron chi connectivity index (χ3n) is 3.26. The summed E-state index contributed by atoms with van der Waals surface area (Å²) in [5.41, 5.74) is 4.28. The minimum absolute atomic E-state index is 0.569. The van der Waals surface area contributed by atoms with Crippen LogP contribution in [0.5, 0.6) is 0 Å². The number of rotatable bonds is 4. The van der Waals surface area contributed by atoms with Gasteiger partial charge in [0.25, 0.3) is 0 Å². The predicted octanol–water partition coefficient (Wildman–Crippen LogP) is 2.94. The first-order chi connectivity index (χ1) is 7.09. The molecule has 1 aromatic heterocycles. The van der Waals surface area contributed by atoms with Crippen LogP contribution in [0.2, 0.25) is 0 Å². The molecule has 0 aromatic carbocycles. The van der Waals surface area contributed by atoms with E-state index in [2.05, 4.69) is 43.6 Å². The molecule has 1 N–H and O–H groups in total. The van der Waals surface area contributed by atoms with Crippen molar-refractivity contribution < 1.29 is 0 Å². The van der Waals surface area contributed by atoms with Gasteiger partial charge in [0.05, 0.1) is 0 Å². The van der Waals surface area contributed by atoms with E-state index in [0.29, 0.717) is 6.04 Å². The molecule has 1 fully saturated rings. The van der Waals surface area contributed by atoms with E-state index >= 15 is 0 Å². The minimum Gasteiger partial charge on any atom is -0.346 e. The Hall–Kier alpha value is -0.760. The van der Waals surface area contributed by atoms with E-state index < -0.39 is 0 Å². The Labute approximate surface area is 92.7 Å². The Bertz CT molecular complexity index is 346. The zero-order valence-electron chi connectivity index (χ0n) is 10.3. The molecule has 1 saturated carbocycles. The van der Waals surface area contributed by atoms with E-state index in [-0.39, 0.29) is 0 Å². The van der Waals surface area contributed by atoms with E-state index in [1.807, 2.05) is 0 Å². The Balaban J connectivity index is 2.12. The van der Waals surface area contributed by atoms with E-state index in [1.165, 1.54) is 29.8 Å². The molecular weight excluding hydrogens is 184 g/mol. The number of aromatic nitrogens is 1. The molecule has 1 aliphatic rings. The lowest BCUT2D eigenvalue weighted by Gasteiger charge is -2.13. The minimum atomic E-state index is 0.569. The molecule has 84 valence electrons. The summed E-state index contributed by atoms with van der Waals surface area (Å²) in [5, 5.41) is 3.58. The number of hydrogen-bond acceptors (Lipinski definition) is 1. The van der Waals surface area contributed by atoms with Crippen LogP contribution < -0.4 is 5.32 Å². The highest BCUT2D eigenvalue weighted by atomic mass is 15.0. The summed E-state index contributed by atoms with van der Waals surface area (Å²) in [7, 11) is 0. The molecule has 1 aromatic rings. The van der Waals surface area contributed by atoms with Gasteiger partial charge in [-0.1, -0.05) is 0 Å². The van der Waals surface area contributed by atoms with Crippen LogP contribution in [-0.4, -0.2) is 10.6 Å². The van der Waals surface area contributed by atoms with Crippen molar-refractivity contribution in [2.24, 2.45) is 0 Å². The average Bonchev–Trinajstić information content (AvgIpc) is 2.90. The van der Waals surface area contributed by atoms with Crippen LogP contribution >= 0.6 is 0 Å². The summed E-state index contributed by atoms with van der Waals surface area (Å²) in [5.74, 6) is 0. The van der Waals surface area contributed by atoms with Crippen LogP contribution in [0.25, 0.3) is 0 Å². The van der Waals surface area contributed by atoms with Gasteiger partial charge in [0, 0.05) is 30.0 Å². The smallest absolute Gasteiger partial charge is 0.0279 e. The van der Waals surface area contributed by atoms with Gasteiger partial charge in [-0.3, -0.25) is 0 Å². The monoisotopic (exact) mass is 206 g/mol. The SMILES string of the molecule is Cc1cc(CNC2CC2)c(C)n1C(C)C. The van der Waals surface area contributed by atoms with Crippen LogP contribution in [0.1, 0.15) is 49.7 Å². The Morgan fingerprint density at radius 3 is 2.53 bits per heavy atom. The molecular formula is C13H22N2. The molecule has 0 unspecified atom stereocenters. The molecule has 2 rings (SSSR count). The van der Waals surface area contributed by atoms with Crippen molar-refractivity contribution >= 4 is 0 Å². The van der Waals surface area contributed by atoms with Gasteiger partial charge in [-0.05, 0) is 52.2 Å². The molecule has 1 heterocycles. The maximum Gasteiger partial charge on any atom is 0.0279 e. The Morgan fingerprint density at radius 2 is 2.07 bits per heavy atom. The van der Waals surface area contributed by atoms with Crippen LogP contribution in [0.15, 0.2) is 6.07 Å². The second-order valence-electron chi connectivity index (χ2n) is 5.02. The maximum atomic E-state index is 3.58. The molecule has 15 heavy (non-hydrogen) atoms. The number of aryl methyl sites for hydroxylation is 1. The van der Waals surface area contributed by atoms with Gasteiger partial charge >= 0.3 is 0 Å². The molecule has 0 spiro atoms. The fraction of sp³-hybridized carbons (Fsp3) is 0.692. The average molecular weight is 206 g/mol. The highest BCUT2D eigenvalue weighted by Crippen LogP contribution is 2.23. The fourth-order valence-electron chi connectivity index (χ4n) is 2.36. The van der Waals surface area contributed by atoms with Crippen molar-refractivity contribution in [3.63, 3.8) is 0 Å². The highest BCUT2D eigenvalue weighted by molar-refractivity contribution is 5.27. The number of hydrogen-bond donors (Lipinski definition) is 1. The highest BCUT2D eigenvalue weighted by Gasteiger charge is 2.21. The van der Waals surface area contributed by atoms with Crippen LogP contribution in [-0.2, 0) is 6.54 Å². The largest absolute Gasteiger partial charge is 0.346 e. The molecule has 0 amide bonds. The second-order valence-corrected chi connectivity index (χ2v) is 5.02. The van der Waals surface area contributed by atoms with Crippen molar-refractivity contribution in [1.82, 2.24) is 9.88 Å². The van der Waals surface area contributed by atoms with Gasteiger partial charge in [0.2, 0.25) is 0 Å². The van der Waals surface area contributed by atoms with Crippen molar-refractivity contribution in [3.8, 4) is 0 Å². The lowest BCUT2D eigenvalue weighted by molar-refractivity contribution is 0.570. The molecule has 0 radical (unpaired) electrons. The molecule has 1 aliphatic carbocycles. The summed E-state index contributed by atoms with van der Waals surface area (Å²) in [6.45, 7) is 9.97. The van der Waals surface area contributed by atoms with Crippen LogP contribution in [0.3, 0.4) is 0 Å². The first-order valence-electron chi connectivity index (χ1n) is 6.00. The van der Waals surface area contributed by atoms with Gasteiger partial charge in [0.15, 0.2) is 0 Å². The summed E-state index contributed by atoms with van der Waals surface area (Å²) in [4.78, 5) is 0. The zero-order chi connectivity index (χ0) is 11.0. The topological polar surface area (TPSA) is 17.0 Å². The Morgan fingerprint density at radius 1 is 1.40 bits per heavy atom. The van der Waals surface area contributed by atoms with Crippen LogP contribution in [0, 0.1) is 13.8 Å². The first kappa shape index (κ1) is 10.7. The summed E-state index contributed by atoms with van der Waals surface area (Å²) in [6, 6.07) is 3.69. The molecule has 0 saturated heterocycles. The van der Waals surface area contributed by atoms with Crippen molar-refractivity contribution in [2.45, 2.75) is 59.2 Å². The summed E-state index contributed by atoms with van der Waals surface area (Å²) >= 11 is 0. The summed E-state index contributed by atoms with van der Waals surface area (Å²) < 4.78 is 2.42. The van der Waals surface area contributed by atoms with Gasteiger partial charge in [-0.25, -0.2) is 0 Å². The van der Waals surface area contributed by atoms with E-state index in [9.17, 15) is 0 Å². The number of nitrogens with one attached hydrogen (secondary N) is 1. The van der Waals surface area contributed by atoms with E-state index in [0.717, 1.165) is 12.6 Å². The molecule has 0 atom stereocenters. The zero-order valence-corrected chi connectivity index (χ0v) is 10.3. The summed E-state index contributed by atoms with van der Waals surface area (Å²) in [6.07, 6.45) is 2.73. The van der Waals surface area contributed by atoms with Crippen LogP contribution in [0.4, 0.5) is 0 Å². The molecule has 0 aliphatic heterocycles.